The molecule has 0 unspecified atom stereocenters. The molecule has 0 aliphatic carbocycles. The molecule has 2 aromatic rings. The zero-order valence-electron chi connectivity index (χ0n) is 10.5. The lowest BCUT2D eigenvalue weighted by atomic mass is 9.94. The van der Waals surface area contributed by atoms with E-state index < -0.39 is 0 Å². The van der Waals surface area contributed by atoms with Crippen molar-refractivity contribution in [3.8, 4) is 11.1 Å². The monoisotopic (exact) mass is 210 g/mol. The summed E-state index contributed by atoms with van der Waals surface area (Å²) < 4.78 is 0. The highest BCUT2D eigenvalue weighted by Crippen LogP contribution is 2.27. The van der Waals surface area contributed by atoms with Crippen molar-refractivity contribution in [1.82, 2.24) is 0 Å². The number of hydrogen-bond donors (Lipinski definition) is 0. The molecular formula is C16H18. The number of rotatable bonds is 1. The summed E-state index contributed by atoms with van der Waals surface area (Å²) in [5, 5.41) is 0. The number of hydrogen-bond acceptors (Lipinski definition) is 0. The van der Waals surface area contributed by atoms with Crippen molar-refractivity contribution in [3.63, 3.8) is 0 Å². The first-order valence-electron chi connectivity index (χ1n) is 5.73. The molecule has 0 amide bonds. The molecule has 0 radical (unpaired) electrons. The Morgan fingerprint density at radius 2 is 1.31 bits per heavy atom. The molecule has 16 heavy (non-hydrogen) atoms. The fraction of sp³-hybridized carbons (Fsp3) is 0.250. The largest absolute Gasteiger partial charge is 0.0587 e. The van der Waals surface area contributed by atoms with Gasteiger partial charge in [-0.05, 0) is 49.9 Å². The molecule has 0 N–H and O–H groups in total. The predicted molar refractivity (Wildman–Crippen MR) is 70.8 cm³/mol. The first-order valence-corrected chi connectivity index (χ1v) is 5.73. The van der Waals surface area contributed by atoms with Gasteiger partial charge >= 0.3 is 0 Å². The second kappa shape index (κ2) is 4.13. The van der Waals surface area contributed by atoms with Crippen LogP contribution in [-0.2, 0) is 0 Å². The number of benzene rings is 2. The van der Waals surface area contributed by atoms with Gasteiger partial charge in [-0.25, -0.2) is 0 Å². The zero-order chi connectivity index (χ0) is 11.7. The van der Waals surface area contributed by atoms with E-state index in [1.54, 1.807) is 0 Å². The fourth-order valence-corrected chi connectivity index (χ4v) is 2.07. The highest BCUT2D eigenvalue weighted by atomic mass is 14.1. The molecule has 0 aliphatic rings. The Kier molecular flexibility index (Phi) is 2.82. The third-order valence-electron chi connectivity index (χ3n) is 3.17. The lowest BCUT2D eigenvalue weighted by Gasteiger charge is -2.11. The fourth-order valence-electron chi connectivity index (χ4n) is 2.07. The van der Waals surface area contributed by atoms with Crippen molar-refractivity contribution in [3.05, 3.63) is 58.7 Å². The second-order valence-electron chi connectivity index (χ2n) is 4.62. The third kappa shape index (κ3) is 2.01. The third-order valence-corrected chi connectivity index (χ3v) is 3.17. The molecular weight excluding hydrogens is 192 g/mol. The van der Waals surface area contributed by atoms with Crippen LogP contribution in [0.25, 0.3) is 11.1 Å². The summed E-state index contributed by atoms with van der Waals surface area (Å²) in [5.74, 6) is 0. The molecule has 0 aromatic heterocycles. The summed E-state index contributed by atoms with van der Waals surface area (Å²) in [7, 11) is 0. The maximum atomic E-state index is 2.27. The zero-order valence-corrected chi connectivity index (χ0v) is 10.5. The highest BCUT2D eigenvalue weighted by molar-refractivity contribution is 5.69. The second-order valence-corrected chi connectivity index (χ2v) is 4.62. The molecule has 0 atom stereocenters. The van der Waals surface area contributed by atoms with Crippen molar-refractivity contribution in [2.24, 2.45) is 0 Å². The maximum absolute atomic E-state index is 2.27. The highest BCUT2D eigenvalue weighted by Gasteiger charge is 2.04. The Morgan fingerprint density at radius 3 is 1.94 bits per heavy atom. The molecule has 2 rings (SSSR count). The molecule has 0 aliphatic heterocycles. The van der Waals surface area contributed by atoms with Crippen molar-refractivity contribution >= 4 is 0 Å². The van der Waals surface area contributed by atoms with Crippen LogP contribution in [0.3, 0.4) is 0 Å². The van der Waals surface area contributed by atoms with Crippen LogP contribution in [0.2, 0.25) is 0 Å². The summed E-state index contributed by atoms with van der Waals surface area (Å²) in [6.07, 6.45) is 0. The maximum Gasteiger partial charge on any atom is -0.0149 e. The van der Waals surface area contributed by atoms with Crippen LogP contribution in [0.5, 0.6) is 0 Å². The van der Waals surface area contributed by atoms with E-state index in [0.29, 0.717) is 0 Å². The molecule has 0 saturated heterocycles. The number of aryl methyl sites for hydroxylation is 3. The first kappa shape index (κ1) is 10.9. The van der Waals surface area contributed by atoms with Crippen LogP contribution in [-0.4, -0.2) is 0 Å². The molecule has 2 aromatic carbocycles. The summed E-state index contributed by atoms with van der Waals surface area (Å²) >= 11 is 0. The SMILES string of the molecule is Cc1ccc(-c2cc(C)cc(C)c2C)cc1. The van der Waals surface area contributed by atoms with Crippen molar-refractivity contribution in [2.45, 2.75) is 27.7 Å². The molecule has 0 bridgehead atoms. The quantitative estimate of drug-likeness (QED) is 0.646. The van der Waals surface area contributed by atoms with Crippen LogP contribution in [0.15, 0.2) is 36.4 Å². The lowest BCUT2D eigenvalue weighted by Crippen LogP contribution is -1.89. The van der Waals surface area contributed by atoms with Crippen molar-refractivity contribution in [1.29, 1.82) is 0 Å². The minimum absolute atomic E-state index is 1.31. The summed E-state index contributed by atoms with van der Waals surface area (Å²) in [6.45, 7) is 8.66. The molecule has 0 nitrogen and oxygen atoms in total. The molecule has 0 heterocycles. The minimum Gasteiger partial charge on any atom is -0.0587 e. The summed E-state index contributed by atoms with van der Waals surface area (Å²) in [6, 6.07) is 13.3. The standard InChI is InChI=1S/C16H18/c1-11-5-7-15(8-6-11)16-10-12(2)9-13(3)14(16)4/h5-10H,1-4H3. The molecule has 0 fully saturated rings. The minimum atomic E-state index is 1.31. The van der Waals surface area contributed by atoms with Gasteiger partial charge < -0.3 is 0 Å². The Hall–Kier alpha value is -1.56. The van der Waals surface area contributed by atoms with Gasteiger partial charge in [-0.3, -0.25) is 0 Å². The van der Waals surface area contributed by atoms with Gasteiger partial charge in [-0.1, -0.05) is 47.5 Å². The Bertz CT molecular complexity index is 504. The smallest absolute Gasteiger partial charge is 0.0149 e. The Balaban J connectivity index is 2.59. The van der Waals surface area contributed by atoms with Crippen LogP contribution < -0.4 is 0 Å². The van der Waals surface area contributed by atoms with E-state index in [-0.39, 0.29) is 0 Å². The van der Waals surface area contributed by atoms with E-state index >= 15 is 0 Å². The van der Waals surface area contributed by atoms with Crippen LogP contribution >= 0.6 is 0 Å². The Labute approximate surface area is 97.9 Å². The van der Waals surface area contributed by atoms with Gasteiger partial charge in [-0.2, -0.15) is 0 Å². The summed E-state index contributed by atoms with van der Waals surface area (Å²) in [4.78, 5) is 0. The Morgan fingerprint density at radius 1 is 0.688 bits per heavy atom. The normalized spacial score (nSPS) is 10.5. The molecule has 0 spiro atoms. The van der Waals surface area contributed by atoms with E-state index in [0.717, 1.165) is 0 Å². The average molecular weight is 210 g/mol. The van der Waals surface area contributed by atoms with E-state index in [4.69, 9.17) is 0 Å². The van der Waals surface area contributed by atoms with Gasteiger partial charge in [0.2, 0.25) is 0 Å². The molecule has 0 heteroatoms. The first-order chi connectivity index (χ1) is 7.58. The van der Waals surface area contributed by atoms with Gasteiger partial charge in [0, 0.05) is 0 Å². The van der Waals surface area contributed by atoms with E-state index in [9.17, 15) is 0 Å². The van der Waals surface area contributed by atoms with E-state index in [1.165, 1.54) is 33.4 Å². The van der Waals surface area contributed by atoms with Crippen LogP contribution in [0.1, 0.15) is 22.3 Å². The van der Waals surface area contributed by atoms with E-state index in [1.807, 2.05) is 0 Å². The van der Waals surface area contributed by atoms with Crippen LogP contribution in [0, 0.1) is 27.7 Å². The predicted octanol–water partition coefficient (Wildman–Crippen LogP) is 4.59. The van der Waals surface area contributed by atoms with Gasteiger partial charge in [0.25, 0.3) is 0 Å². The molecule has 82 valence electrons. The van der Waals surface area contributed by atoms with Gasteiger partial charge in [0.1, 0.15) is 0 Å². The van der Waals surface area contributed by atoms with E-state index in [2.05, 4.69) is 64.1 Å². The lowest BCUT2D eigenvalue weighted by molar-refractivity contribution is 1.30. The summed E-state index contributed by atoms with van der Waals surface area (Å²) in [5.41, 5.74) is 8.07. The van der Waals surface area contributed by atoms with Crippen molar-refractivity contribution in [2.75, 3.05) is 0 Å². The van der Waals surface area contributed by atoms with Crippen LogP contribution in [0.4, 0.5) is 0 Å². The topological polar surface area (TPSA) is 0 Å². The van der Waals surface area contributed by atoms with Gasteiger partial charge in [-0.15, -0.1) is 0 Å². The van der Waals surface area contributed by atoms with Gasteiger partial charge in [0.15, 0.2) is 0 Å². The molecule has 0 saturated carbocycles. The average Bonchev–Trinajstić information content (AvgIpc) is 2.25. The van der Waals surface area contributed by atoms with Crippen molar-refractivity contribution < 1.29 is 0 Å². The van der Waals surface area contributed by atoms with Gasteiger partial charge in [0.05, 0.1) is 0 Å².